The van der Waals surface area contributed by atoms with Crippen LogP contribution in [0.5, 0.6) is 5.75 Å². The number of rotatable bonds is 8. The van der Waals surface area contributed by atoms with E-state index in [2.05, 4.69) is 48.5 Å². The van der Waals surface area contributed by atoms with Crippen LogP contribution >= 0.6 is 0 Å². The smallest absolute Gasteiger partial charge is 0.229 e. The topological polar surface area (TPSA) is 100 Å². The van der Waals surface area contributed by atoms with Gasteiger partial charge >= 0.3 is 0 Å². The molecule has 4 aromatic rings. The van der Waals surface area contributed by atoms with Crippen molar-refractivity contribution in [2.24, 2.45) is 0 Å². The first-order valence-corrected chi connectivity index (χ1v) is 11.2. The van der Waals surface area contributed by atoms with E-state index >= 15 is 0 Å². The van der Waals surface area contributed by atoms with Crippen molar-refractivity contribution >= 4 is 34.2 Å². The van der Waals surface area contributed by atoms with Crippen LogP contribution in [-0.2, 0) is 4.74 Å². The van der Waals surface area contributed by atoms with Gasteiger partial charge in [0.15, 0.2) is 0 Å². The van der Waals surface area contributed by atoms with E-state index in [9.17, 15) is 0 Å². The summed E-state index contributed by atoms with van der Waals surface area (Å²) >= 11 is 0. The van der Waals surface area contributed by atoms with Gasteiger partial charge in [-0.2, -0.15) is 4.98 Å². The largest absolute Gasteiger partial charge is 0.490 e. The first-order valence-electron chi connectivity index (χ1n) is 11.2. The fraction of sp³-hybridized carbons (Fsp3) is 0.320. The van der Waals surface area contributed by atoms with E-state index < -0.39 is 0 Å². The Balaban J connectivity index is 1.20. The molecule has 0 saturated heterocycles. The van der Waals surface area contributed by atoms with Crippen LogP contribution in [-0.4, -0.2) is 57.9 Å². The summed E-state index contributed by atoms with van der Waals surface area (Å²) in [6, 6.07) is 11.7. The lowest BCUT2D eigenvalue weighted by Gasteiger charge is -2.50. The van der Waals surface area contributed by atoms with Crippen molar-refractivity contribution < 1.29 is 9.47 Å². The Morgan fingerprint density at radius 1 is 1.06 bits per heavy atom. The normalized spacial score (nSPS) is 19.7. The number of aryl methyl sites for hydroxylation is 1. The maximum Gasteiger partial charge on any atom is 0.229 e. The highest BCUT2D eigenvalue weighted by atomic mass is 16.5. The maximum atomic E-state index is 6.10. The number of anilines is 4. The quantitative estimate of drug-likeness (QED) is 0.329. The predicted octanol–water partition coefficient (Wildman–Crippen LogP) is 4.59. The number of nitrogens with zero attached hydrogens (tertiary/aromatic N) is 4. The van der Waals surface area contributed by atoms with E-state index in [1.807, 2.05) is 50.6 Å². The number of ether oxygens (including phenoxy) is 2. The molecule has 1 aromatic carbocycles. The molecule has 0 bridgehead atoms. The second kappa shape index (κ2) is 8.92. The maximum absolute atomic E-state index is 6.10. The Morgan fingerprint density at radius 3 is 2.59 bits per heavy atom. The van der Waals surface area contributed by atoms with Gasteiger partial charge in [-0.1, -0.05) is 0 Å². The number of aromatic amines is 1. The fourth-order valence-corrected chi connectivity index (χ4v) is 4.23. The summed E-state index contributed by atoms with van der Waals surface area (Å²) in [6.07, 6.45) is 7.28. The van der Waals surface area contributed by atoms with Crippen molar-refractivity contribution in [3.63, 3.8) is 0 Å². The fourth-order valence-electron chi connectivity index (χ4n) is 4.23. The first kappa shape index (κ1) is 22.1. The minimum Gasteiger partial charge on any atom is -0.490 e. The van der Waals surface area contributed by atoms with Gasteiger partial charge in [-0.15, -0.1) is 0 Å². The molecule has 3 heterocycles. The molecule has 0 unspecified atom stereocenters. The molecule has 3 aromatic heterocycles. The Morgan fingerprint density at radius 2 is 1.85 bits per heavy atom. The zero-order valence-electron chi connectivity index (χ0n) is 19.8. The van der Waals surface area contributed by atoms with E-state index in [1.54, 1.807) is 19.5 Å². The highest BCUT2D eigenvalue weighted by molar-refractivity contribution is 5.83. The van der Waals surface area contributed by atoms with Crippen molar-refractivity contribution in [2.45, 2.75) is 31.6 Å². The van der Waals surface area contributed by atoms with Crippen molar-refractivity contribution in [3.05, 3.63) is 60.6 Å². The van der Waals surface area contributed by atoms with Crippen LogP contribution in [0.2, 0.25) is 0 Å². The van der Waals surface area contributed by atoms with Crippen LogP contribution in [0.3, 0.4) is 0 Å². The second-order valence-corrected chi connectivity index (χ2v) is 8.82. The van der Waals surface area contributed by atoms with Gasteiger partial charge < -0.3 is 25.1 Å². The molecular weight excluding hydrogens is 430 g/mol. The molecule has 5 rings (SSSR count). The van der Waals surface area contributed by atoms with Gasteiger partial charge in [0.25, 0.3) is 0 Å². The van der Waals surface area contributed by atoms with Crippen molar-refractivity contribution in [1.82, 2.24) is 24.8 Å². The molecule has 1 saturated carbocycles. The predicted molar refractivity (Wildman–Crippen MR) is 133 cm³/mol. The summed E-state index contributed by atoms with van der Waals surface area (Å²) in [4.78, 5) is 18.6. The van der Waals surface area contributed by atoms with Crippen LogP contribution in [0.15, 0.2) is 55.0 Å². The van der Waals surface area contributed by atoms with Crippen molar-refractivity contribution in [2.75, 3.05) is 31.8 Å². The Bertz CT molecular complexity index is 1280. The molecule has 9 nitrogen and oxygen atoms in total. The van der Waals surface area contributed by atoms with E-state index in [0.29, 0.717) is 11.8 Å². The zero-order chi connectivity index (χ0) is 23.7. The van der Waals surface area contributed by atoms with Crippen molar-refractivity contribution in [1.29, 1.82) is 0 Å². The van der Waals surface area contributed by atoms with E-state index in [-0.39, 0.29) is 11.8 Å². The van der Waals surface area contributed by atoms with E-state index in [4.69, 9.17) is 9.47 Å². The number of benzene rings is 1. The Hall–Kier alpha value is -3.69. The van der Waals surface area contributed by atoms with E-state index in [1.165, 1.54) is 0 Å². The lowest BCUT2D eigenvalue weighted by molar-refractivity contribution is -0.204. The third-order valence-corrected chi connectivity index (χ3v) is 6.37. The average molecular weight is 460 g/mol. The second-order valence-electron chi connectivity index (χ2n) is 8.82. The van der Waals surface area contributed by atoms with Crippen LogP contribution in [0, 0.1) is 6.92 Å². The molecule has 0 amide bonds. The summed E-state index contributed by atoms with van der Waals surface area (Å²) in [5.74, 6) is 2.01. The van der Waals surface area contributed by atoms with Crippen LogP contribution in [0.1, 0.15) is 18.4 Å². The summed E-state index contributed by atoms with van der Waals surface area (Å²) in [6.45, 7) is 2.05. The number of H-pyrrole nitrogens is 1. The van der Waals surface area contributed by atoms with Gasteiger partial charge in [-0.25, -0.2) is 9.97 Å². The molecule has 0 atom stereocenters. The Kier molecular flexibility index (Phi) is 5.80. The summed E-state index contributed by atoms with van der Waals surface area (Å²) in [7, 11) is 5.82. The molecule has 3 N–H and O–H groups in total. The lowest BCUT2D eigenvalue weighted by atomic mass is 9.83. The number of fused-ring (bicyclic) bond motifs is 1. The highest BCUT2D eigenvalue weighted by Gasteiger charge is 2.48. The molecular formula is C25H29N7O2. The first-order chi connectivity index (χ1) is 16.4. The van der Waals surface area contributed by atoms with Crippen LogP contribution in [0.25, 0.3) is 11.0 Å². The lowest BCUT2D eigenvalue weighted by Crippen LogP contribution is -2.59. The van der Waals surface area contributed by atoms with Crippen LogP contribution < -0.4 is 15.4 Å². The zero-order valence-corrected chi connectivity index (χ0v) is 19.8. The van der Waals surface area contributed by atoms with Gasteiger partial charge in [-0.05, 0) is 63.0 Å². The van der Waals surface area contributed by atoms with Crippen LogP contribution in [0.4, 0.5) is 23.1 Å². The van der Waals surface area contributed by atoms with Gasteiger partial charge in [0.05, 0.1) is 11.9 Å². The average Bonchev–Trinajstić information content (AvgIpc) is 3.17. The minimum atomic E-state index is -0.217. The number of hydrogen-bond donors (Lipinski definition) is 3. The summed E-state index contributed by atoms with van der Waals surface area (Å²) in [5, 5.41) is 7.63. The molecule has 34 heavy (non-hydrogen) atoms. The van der Waals surface area contributed by atoms with Gasteiger partial charge in [0, 0.05) is 43.4 Å². The number of methoxy groups -OCH3 is 1. The molecule has 1 fully saturated rings. The standard InChI is InChI=1S/C25H29N7O2/c1-16-14-27-23-21(16)11-18(15-28-23)29-22-9-10-26-24(31-22)30-17-5-7-19(8-6-17)34-20-12-25(13-20,33-4)32(2)3/h5-11,14-15,20H,12-13H2,1-4H3,(H,27,28)(H2,26,29,30,31). The molecule has 1 aliphatic rings. The van der Waals surface area contributed by atoms with E-state index in [0.717, 1.165) is 46.6 Å². The SMILES string of the molecule is COC1(N(C)C)CC(Oc2ccc(Nc3nccc(Nc4cnc5[nH]cc(C)c5c4)n3)cc2)C1. The number of hydrogen-bond acceptors (Lipinski definition) is 8. The third-order valence-electron chi connectivity index (χ3n) is 6.37. The third kappa shape index (κ3) is 4.40. The molecule has 176 valence electrons. The minimum absolute atomic E-state index is 0.149. The Labute approximate surface area is 198 Å². The molecule has 0 radical (unpaired) electrons. The molecule has 9 heteroatoms. The van der Waals surface area contributed by atoms with Crippen molar-refractivity contribution in [3.8, 4) is 5.75 Å². The van der Waals surface area contributed by atoms with Gasteiger partial charge in [-0.3, -0.25) is 4.90 Å². The number of nitrogens with one attached hydrogen (secondary N) is 3. The number of aromatic nitrogens is 4. The van der Waals surface area contributed by atoms with Gasteiger partial charge in [0.1, 0.15) is 29.0 Å². The van der Waals surface area contributed by atoms with Gasteiger partial charge in [0.2, 0.25) is 5.95 Å². The molecule has 1 aliphatic carbocycles. The highest BCUT2D eigenvalue weighted by Crippen LogP contribution is 2.39. The molecule has 0 spiro atoms. The summed E-state index contributed by atoms with van der Waals surface area (Å²) < 4.78 is 11.8. The monoisotopic (exact) mass is 459 g/mol. The molecule has 0 aliphatic heterocycles. The summed E-state index contributed by atoms with van der Waals surface area (Å²) in [5.41, 5.74) is 3.54. The number of pyridine rings is 1.